The van der Waals surface area contributed by atoms with Gasteiger partial charge in [-0.25, -0.2) is 0 Å². The van der Waals surface area contributed by atoms with Gasteiger partial charge in [-0.1, -0.05) is 50.6 Å². The smallest absolute Gasteiger partial charge is 0.0453 e. The molecule has 0 aliphatic rings. The predicted octanol–water partition coefficient (Wildman–Crippen LogP) is 4.36. The Morgan fingerprint density at radius 2 is 1.95 bits per heavy atom. The van der Waals surface area contributed by atoms with E-state index in [0.717, 1.165) is 24.7 Å². The summed E-state index contributed by atoms with van der Waals surface area (Å²) in [6.07, 6.45) is 1.18. The summed E-state index contributed by atoms with van der Waals surface area (Å²) in [4.78, 5) is 2.38. The third kappa shape index (κ3) is 5.43. The van der Waals surface area contributed by atoms with Crippen LogP contribution < -0.4 is 5.32 Å². The van der Waals surface area contributed by atoms with Gasteiger partial charge in [0.1, 0.15) is 0 Å². The Balaban J connectivity index is 2.61. The minimum Gasteiger partial charge on any atom is -0.316 e. The van der Waals surface area contributed by atoms with E-state index in [9.17, 15) is 0 Å². The molecule has 1 unspecified atom stereocenters. The SMILES string of the molecule is CCCNCC(C)(C)CN(C)C(C)c1ccccc1Cl. The minimum absolute atomic E-state index is 0.249. The molecule has 0 spiro atoms. The van der Waals surface area contributed by atoms with Crippen LogP contribution in [-0.2, 0) is 0 Å². The van der Waals surface area contributed by atoms with Crippen LogP contribution in [0, 0.1) is 5.41 Å². The first kappa shape index (κ1) is 17.5. The molecular formula is C17H29ClN2. The van der Waals surface area contributed by atoms with Gasteiger partial charge < -0.3 is 5.32 Å². The fourth-order valence-corrected chi connectivity index (χ4v) is 2.82. The van der Waals surface area contributed by atoms with E-state index in [4.69, 9.17) is 11.6 Å². The van der Waals surface area contributed by atoms with E-state index < -0.39 is 0 Å². The van der Waals surface area contributed by atoms with Gasteiger partial charge in [0.25, 0.3) is 0 Å². The monoisotopic (exact) mass is 296 g/mol. The molecule has 1 aromatic rings. The highest BCUT2D eigenvalue weighted by Gasteiger charge is 2.23. The van der Waals surface area contributed by atoms with Crippen LogP contribution >= 0.6 is 11.6 Å². The summed E-state index contributed by atoms with van der Waals surface area (Å²) in [5.74, 6) is 0. The Labute approximate surface area is 129 Å². The third-order valence-electron chi connectivity index (χ3n) is 3.72. The Hall–Kier alpha value is -0.570. The second-order valence-electron chi connectivity index (χ2n) is 6.45. The normalized spacial score (nSPS) is 13.8. The zero-order valence-corrected chi connectivity index (χ0v) is 14.3. The first-order valence-corrected chi connectivity index (χ1v) is 7.90. The lowest BCUT2D eigenvalue weighted by Gasteiger charge is -2.34. The average molecular weight is 297 g/mol. The molecule has 0 fully saturated rings. The van der Waals surface area contributed by atoms with Crippen LogP contribution in [0.5, 0.6) is 0 Å². The molecule has 1 aromatic carbocycles. The molecule has 1 rings (SSSR count). The highest BCUT2D eigenvalue weighted by Crippen LogP contribution is 2.28. The summed E-state index contributed by atoms with van der Waals surface area (Å²) in [7, 11) is 2.18. The second-order valence-corrected chi connectivity index (χ2v) is 6.86. The van der Waals surface area contributed by atoms with Gasteiger partial charge >= 0.3 is 0 Å². The fourth-order valence-electron chi connectivity index (χ4n) is 2.52. The van der Waals surface area contributed by atoms with E-state index in [1.807, 2.05) is 12.1 Å². The third-order valence-corrected chi connectivity index (χ3v) is 4.07. The summed E-state index contributed by atoms with van der Waals surface area (Å²) in [6, 6.07) is 8.45. The van der Waals surface area contributed by atoms with Crippen LogP contribution in [0.15, 0.2) is 24.3 Å². The zero-order chi connectivity index (χ0) is 15.2. The number of benzene rings is 1. The van der Waals surface area contributed by atoms with Gasteiger partial charge in [-0.05, 0) is 44.0 Å². The van der Waals surface area contributed by atoms with Crippen LogP contribution in [0.2, 0.25) is 5.02 Å². The van der Waals surface area contributed by atoms with Gasteiger partial charge in [0.15, 0.2) is 0 Å². The average Bonchev–Trinajstić information content (AvgIpc) is 2.38. The van der Waals surface area contributed by atoms with Crippen LogP contribution in [0.25, 0.3) is 0 Å². The van der Waals surface area contributed by atoms with Crippen molar-refractivity contribution < 1.29 is 0 Å². The topological polar surface area (TPSA) is 15.3 Å². The quantitative estimate of drug-likeness (QED) is 0.717. The number of hydrogen-bond acceptors (Lipinski definition) is 2. The second kappa shape index (κ2) is 8.02. The van der Waals surface area contributed by atoms with Crippen molar-refractivity contribution in [3.8, 4) is 0 Å². The summed E-state index contributed by atoms with van der Waals surface area (Å²) in [6.45, 7) is 12.2. The van der Waals surface area contributed by atoms with Gasteiger partial charge in [0, 0.05) is 24.2 Å². The molecule has 0 aliphatic heterocycles. The van der Waals surface area contributed by atoms with Crippen molar-refractivity contribution in [3.05, 3.63) is 34.9 Å². The molecule has 3 heteroatoms. The number of rotatable bonds is 8. The van der Waals surface area contributed by atoms with Crippen LogP contribution in [0.4, 0.5) is 0 Å². The molecule has 0 saturated heterocycles. The van der Waals surface area contributed by atoms with Gasteiger partial charge in [0.2, 0.25) is 0 Å². The molecule has 0 aromatic heterocycles. The van der Waals surface area contributed by atoms with Crippen molar-refractivity contribution in [2.45, 2.75) is 40.2 Å². The molecular weight excluding hydrogens is 268 g/mol. The zero-order valence-electron chi connectivity index (χ0n) is 13.5. The van der Waals surface area contributed by atoms with Gasteiger partial charge in [0.05, 0.1) is 0 Å². The number of halogens is 1. The van der Waals surface area contributed by atoms with Gasteiger partial charge in [-0.15, -0.1) is 0 Å². The molecule has 0 saturated carbocycles. The van der Waals surface area contributed by atoms with Crippen molar-refractivity contribution >= 4 is 11.6 Å². The summed E-state index contributed by atoms with van der Waals surface area (Å²) >= 11 is 6.30. The first-order valence-electron chi connectivity index (χ1n) is 7.53. The molecule has 0 bridgehead atoms. The Morgan fingerprint density at radius 3 is 2.55 bits per heavy atom. The van der Waals surface area contributed by atoms with Crippen molar-refractivity contribution in [2.75, 3.05) is 26.7 Å². The van der Waals surface area contributed by atoms with E-state index in [0.29, 0.717) is 6.04 Å². The highest BCUT2D eigenvalue weighted by atomic mass is 35.5. The van der Waals surface area contributed by atoms with E-state index in [1.54, 1.807) is 0 Å². The molecule has 0 amide bonds. The largest absolute Gasteiger partial charge is 0.316 e. The number of nitrogens with one attached hydrogen (secondary N) is 1. The molecule has 0 radical (unpaired) electrons. The van der Waals surface area contributed by atoms with E-state index in [1.165, 1.54) is 12.0 Å². The standard InChI is InChI=1S/C17H29ClN2/c1-6-11-19-12-17(3,4)13-20(5)14(2)15-9-7-8-10-16(15)18/h7-10,14,19H,6,11-13H2,1-5H3. The van der Waals surface area contributed by atoms with Crippen molar-refractivity contribution in [2.24, 2.45) is 5.41 Å². The van der Waals surface area contributed by atoms with Crippen LogP contribution in [-0.4, -0.2) is 31.6 Å². The number of nitrogens with zero attached hydrogens (tertiary/aromatic N) is 1. The Kier molecular flexibility index (Phi) is 7.01. The van der Waals surface area contributed by atoms with E-state index >= 15 is 0 Å². The summed E-state index contributed by atoms with van der Waals surface area (Å²) < 4.78 is 0. The number of hydrogen-bond donors (Lipinski definition) is 1. The lowest BCUT2D eigenvalue weighted by atomic mass is 9.91. The van der Waals surface area contributed by atoms with Gasteiger partial charge in [-0.3, -0.25) is 4.90 Å². The summed E-state index contributed by atoms with van der Waals surface area (Å²) in [5, 5.41) is 4.37. The van der Waals surface area contributed by atoms with Crippen LogP contribution in [0.3, 0.4) is 0 Å². The van der Waals surface area contributed by atoms with E-state index in [2.05, 4.69) is 57.1 Å². The first-order chi connectivity index (χ1) is 9.37. The molecule has 114 valence electrons. The van der Waals surface area contributed by atoms with Crippen LogP contribution in [0.1, 0.15) is 45.7 Å². The van der Waals surface area contributed by atoms with Crippen molar-refractivity contribution in [3.63, 3.8) is 0 Å². The molecule has 20 heavy (non-hydrogen) atoms. The lowest BCUT2D eigenvalue weighted by Crippen LogP contribution is -2.40. The minimum atomic E-state index is 0.249. The maximum absolute atomic E-state index is 6.30. The molecule has 2 nitrogen and oxygen atoms in total. The molecule has 1 atom stereocenters. The Morgan fingerprint density at radius 1 is 1.30 bits per heavy atom. The molecule has 0 heterocycles. The fraction of sp³-hybridized carbons (Fsp3) is 0.647. The maximum atomic E-state index is 6.30. The van der Waals surface area contributed by atoms with Crippen molar-refractivity contribution in [1.82, 2.24) is 10.2 Å². The predicted molar refractivity (Wildman–Crippen MR) is 89.4 cm³/mol. The Bertz CT molecular complexity index is 404. The highest BCUT2D eigenvalue weighted by molar-refractivity contribution is 6.31. The van der Waals surface area contributed by atoms with E-state index in [-0.39, 0.29) is 5.41 Å². The molecule has 1 N–H and O–H groups in total. The van der Waals surface area contributed by atoms with Gasteiger partial charge in [-0.2, -0.15) is 0 Å². The lowest BCUT2D eigenvalue weighted by molar-refractivity contribution is 0.166. The van der Waals surface area contributed by atoms with Crippen molar-refractivity contribution in [1.29, 1.82) is 0 Å². The summed E-state index contributed by atoms with van der Waals surface area (Å²) in [5.41, 5.74) is 1.45. The maximum Gasteiger partial charge on any atom is 0.0453 e. The molecule has 0 aliphatic carbocycles.